The Morgan fingerprint density at radius 1 is 1.00 bits per heavy atom. The molecule has 0 aromatic heterocycles. The number of benzene rings is 2. The fourth-order valence-electron chi connectivity index (χ4n) is 3.22. The fraction of sp³-hybridized carbons (Fsp3) is 0.391. The Kier molecular flexibility index (Phi) is 8.91. The molecule has 32 heavy (non-hydrogen) atoms. The third-order valence-corrected chi connectivity index (χ3v) is 7.14. The first-order valence-electron chi connectivity index (χ1n) is 10.4. The summed E-state index contributed by atoms with van der Waals surface area (Å²) in [4.78, 5) is 26.6. The van der Waals surface area contributed by atoms with Crippen LogP contribution in [0.4, 0.5) is 4.39 Å². The topological polar surface area (TPSA) is 84.0 Å². The molecule has 0 heterocycles. The van der Waals surface area contributed by atoms with Gasteiger partial charge < -0.3 is 9.64 Å². The van der Waals surface area contributed by atoms with E-state index in [4.69, 9.17) is 4.74 Å². The predicted molar refractivity (Wildman–Crippen MR) is 119 cm³/mol. The molecule has 0 spiro atoms. The molecule has 0 atom stereocenters. The lowest BCUT2D eigenvalue weighted by molar-refractivity contribution is -0.134. The zero-order valence-corrected chi connectivity index (χ0v) is 19.6. The van der Waals surface area contributed by atoms with Gasteiger partial charge in [0.1, 0.15) is 5.82 Å². The van der Waals surface area contributed by atoms with Crippen molar-refractivity contribution in [2.75, 3.05) is 26.2 Å². The number of amides is 1. The number of ether oxygens (including phenoxy) is 1. The second-order valence-electron chi connectivity index (χ2n) is 7.18. The molecule has 0 radical (unpaired) electrons. The maximum Gasteiger partial charge on any atom is 0.338 e. The van der Waals surface area contributed by atoms with Crippen LogP contribution in [0.1, 0.15) is 42.3 Å². The number of sulfonamides is 1. The molecule has 0 saturated heterocycles. The molecule has 2 aromatic rings. The third-order valence-electron chi connectivity index (χ3n) is 5.10. The Morgan fingerprint density at radius 3 is 2.28 bits per heavy atom. The molecule has 0 aliphatic carbocycles. The largest absolute Gasteiger partial charge is 0.452 e. The number of hydrogen-bond acceptors (Lipinski definition) is 5. The fourth-order valence-corrected chi connectivity index (χ4v) is 4.71. The van der Waals surface area contributed by atoms with Crippen molar-refractivity contribution in [3.05, 3.63) is 65.0 Å². The smallest absolute Gasteiger partial charge is 0.338 e. The van der Waals surface area contributed by atoms with Crippen molar-refractivity contribution in [2.45, 2.75) is 39.1 Å². The number of halogens is 1. The highest BCUT2D eigenvalue weighted by molar-refractivity contribution is 7.89. The van der Waals surface area contributed by atoms with Crippen molar-refractivity contribution in [2.24, 2.45) is 0 Å². The summed E-state index contributed by atoms with van der Waals surface area (Å²) in [6, 6.07) is 10.2. The summed E-state index contributed by atoms with van der Waals surface area (Å²) in [6.07, 6.45) is 0. The van der Waals surface area contributed by atoms with Gasteiger partial charge in [0.25, 0.3) is 5.91 Å². The van der Waals surface area contributed by atoms with Crippen molar-refractivity contribution in [1.29, 1.82) is 0 Å². The summed E-state index contributed by atoms with van der Waals surface area (Å²) in [6.45, 7) is 7.54. The zero-order chi connectivity index (χ0) is 23.9. The van der Waals surface area contributed by atoms with E-state index < -0.39 is 34.3 Å². The third kappa shape index (κ3) is 6.14. The molecule has 2 rings (SSSR count). The van der Waals surface area contributed by atoms with Gasteiger partial charge in [-0.2, -0.15) is 4.31 Å². The average Bonchev–Trinajstić information content (AvgIpc) is 2.76. The second kappa shape index (κ2) is 11.2. The van der Waals surface area contributed by atoms with Gasteiger partial charge in [-0.1, -0.05) is 32.0 Å². The quantitative estimate of drug-likeness (QED) is 0.504. The molecule has 0 aliphatic rings. The zero-order valence-electron chi connectivity index (χ0n) is 18.8. The van der Waals surface area contributed by atoms with Gasteiger partial charge in [-0.25, -0.2) is 17.6 Å². The van der Waals surface area contributed by atoms with Gasteiger partial charge >= 0.3 is 5.97 Å². The standard InChI is InChI=1S/C23H29FN2O5S/c1-5-25(15-18-9-8-10-19(24)13-18)22(27)16-31-23(28)21-14-20(12-11-17(21)4)32(29,30)26(6-2)7-3/h8-14H,5-7,15-16H2,1-4H3. The lowest BCUT2D eigenvalue weighted by Crippen LogP contribution is -2.34. The van der Waals surface area contributed by atoms with E-state index in [1.54, 1.807) is 39.8 Å². The number of rotatable bonds is 10. The van der Waals surface area contributed by atoms with Gasteiger partial charge in [-0.05, 0) is 49.2 Å². The average molecular weight is 465 g/mol. The lowest BCUT2D eigenvalue weighted by Gasteiger charge is -2.21. The lowest BCUT2D eigenvalue weighted by atomic mass is 10.1. The molecule has 0 bridgehead atoms. The summed E-state index contributed by atoms with van der Waals surface area (Å²) in [7, 11) is -3.74. The van der Waals surface area contributed by atoms with Crippen molar-refractivity contribution in [3.63, 3.8) is 0 Å². The molecule has 2 aromatic carbocycles. The number of hydrogen-bond donors (Lipinski definition) is 0. The summed E-state index contributed by atoms with van der Waals surface area (Å²) in [5, 5.41) is 0. The van der Waals surface area contributed by atoms with Crippen LogP contribution in [0.15, 0.2) is 47.4 Å². The minimum absolute atomic E-state index is 0.00799. The maximum atomic E-state index is 13.4. The van der Waals surface area contributed by atoms with Gasteiger partial charge in [0.15, 0.2) is 6.61 Å². The minimum Gasteiger partial charge on any atom is -0.452 e. The summed E-state index contributed by atoms with van der Waals surface area (Å²) in [5.74, 6) is -1.61. The van der Waals surface area contributed by atoms with E-state index in [2.05, 4.69) is 0 Å². The van der Waals surface area contributed by atoms with Gasteiger partial charge in [0, 0.05) is 26.2 Å². The van der Waals surface area contributed by atoms with Gasteiger partial charge in [0.05, 0.1) is 10.5 Å². The first kappa shape index (κ1) is 25.5. The van der Waals surface area contributed by atoms with E-state index in [0.717, 1.165) is 0 Å². The van der Waals surface area contributed by atoms with E-state index in [0.29, 0.717) is 30.8 Å². The normalized spacial score (nSPS) is 11.4. The van der Waals surface area contributed by atoms with Crippen LogP contribution in [-0.2, 0) is 26.1 Å². The summed E-state index contributed by atoms with van der Waals surface area (Å²) >= 11 is 0. The Labute approximate surface area is 188 Å². The number of esters is 1. The van der Waals surface area contributed by atoms with Gasteiger partial charge in [-0.15, -0.1) is 0 Å². The SMILES string of the molecule is CCN(Cc1cccc(F)c1)C(=O)COC(=O)c1cc(S(=O)(=O)N(CC)CC)ccc1C. The second-order valence-corrected chi connectivity index (χ2v) is 9.12. The van der Waals surface area contributed by atoms with E-state index in [-0.39, 0.29) is 17.0 Å². The maximum absolute atomic E-state index is 13.4. The number of carbonyl (C=O) groups excluding carboxylic acids is 2. The molecule has 0 fully saturated rings. The molecule has 0 aliphatic heterocycles. The molecule has 7 nitrogen and oxygen atoms in total. The Balaban J connectivity index is 2.12. The Hall–Kier alpha value is -2.78. The van der Waals surface area contributed by atoms with Crippen molar-refractivity contribution >= 4 is 21.9 Å². The van der Waals surface area contributed by atoms with Crippen LogP contribution in [0.5, 0.6) is 0 Å². The summed E-state index contributed by atoms with van der Waals surface area (Å²) in [5.41, 5.74) is 1.24. The predicted octanol–water partition coefficient (Wildman–Crippen LogP) is 3.37. The first-order chi connectivity index (χ1) is 15.1. The highest BCUT2D eigenvalue weighted by Gasteiger charge is 2.24. The molecule has 0 saturated carbocycles. The van der Waals surface area contributed by atoms with Gasteiger partial charge in [-0.3, -0.25) is 4.79 Å². The van der Waals surface area contributed by atoms with Crippen LogP contribution in [-0.4, -0.2) is 55.7 Å². The molecule has 0 unspecified atom stereocenters. The first-order valence-corrected chi connectivity index (χ1v) is 11.9. The number of aryl methyl sites for hydroxylation is 1. The van der Waals surface area contributed by atoms with Crippen LogP contribution in [0, 0.1) is 12.7 Å². The van der Waals surface area contributed by atoms with Crippen molar-refractivity contribution in [3.8, 4) is 0 Å². The molecule has 1 amide bonds. The molecule has 0 N–H and O–H groups in total. The van der Waals surface area contributed by atoms with E-state index >= 15 is 0 Å². The van der Waals surface area contributed by atoms with Crippen LogP contribution in [0.2, 0.25) is 0 Å². The number of likely N-dealkylation sites (N-methyl/N-ethyl adjacent to an activating group) is 1. The summed E-state index contributed by atoms with van der Waals surface area (Å²) < 4.78 is 45.4. The number of nitrogens with zero attached hydrogens (tertiary/aromatic N) is 2. The van der Waals surface area contributed by atoms with Crippen LogP contribution >= 0.6 is 0 Å². The molecule has 174 valence electrons. The van der Waals surface area contributed by atoms with Crippen LogP contribution in [0.3, 0.4) is 0 Å². The number of carbonyl (C=O) groups is 2. The monoisotopic (exact) mass is 464 g/mol. The minimum atomic E-state index is -3.74. The van der Waals surface area contributed by atoms with Crippen LogP contribution in [0.25, 0.3) is 0 Å². The van der Waals surface area contributed by atoms with Crippen molar-refractivity contribution in [1.82, 2.24) is 9.21 Å². The van der Waals surface area contributed by atoms with Crippen molar-refractivity contribution < 1.29 is 27.1 Å². The Morgan fingerprint density at radius 2 is 1.69 bits per heavy atom. The molecular formula is C23H29FN2O5S. The van der Waals surface area contributed by atoms with Crippen LogP contribution < -0.4 is 0 Å². The molecular weight excluding hydrogens is 435 g/mol. The van der Waals surface area contributed by atoms with E-state index in [1.165, 1.54) is 39.5 Å². The highest BCUT2D eigenvalue weighted by Crippen LogP contribution is 2.20. The van der Waals surface area contributed by atoms with E-state index in [1.807, 2.05) is 0 Å². The molecule has 9 heteroatoms. The van der Waals surface area contributed by atoms with E-state index in [9.17, 15) is 22.4 Å². The highest BCUT2D eigenvalue weighted by atomic mass is 32.2. The Bertz CT molecular complexity index is 1070. The van der Waals surface area contributed by atoms with Gasteiger partial charge in [0.2, 0.25) is 10.0 Å².